The van der Waals surface area contributed by atoms with E-state index in [9.17, 15) is 4.79 Å². The number of rotatable bonds is 3. The molecule has 0 bridgehead atoms. The molecule has 0 aliphatic rings. The van der Waals surface area contributed by atoms with Crippen LogP contribution < -0.4 is 5.32 Å². The average Bonchev–Trinajstić information content (AvgIpc) is 2.47. The molecular formula is C8H10BrNO3. The Morgan fingerprint density at radius 2 is 2.54 bits per heavy atom. The van der Waals surface area contributed by atoms with E-state index < -0.39 is 6.10 Å². The normalized spacial score (nSPS) is 12.5. The average molecular weight is 248 g/mol. The molecule has 5 heteroatoms. The number of carbonyl (C=O) groups excluding carboxylic acids is 1. The summed E-state index contributed by atoms with van der Waals surface area (Å²) < 4.78 is 5.28. The molecule has 0 spiro atoms. The van der Waals surface area contributed by atoms with Gasteiger partial charge in [0.05, 0.1) is 17.9 Å². The van der Waals surface area contributed by atoms with Crippen molar-refractivity contribution in [3.05, 3.63) is 22.6 Å². The van der Waals surface area contributed by atoms with Gasteiger partial charge < -0.3 is 14.8 Å². The summed E-state index contributed by atoms with van der Waals surface area (Å²) in [6, 6.07) is 1.56. The molecule has 1 aromatic rings. The molecule has 1 amide bonds. The highest BCUT2D eigenvalue weighted by atomic mass is 79.9. The van der Waals surface area contributed by atoms with E-state index in [-0.39, 0.29) is 12.5 Å². The van der Waals surface area contributed by atoms with E-state index in [1.54, 1.807) is 13.0 Å². The van der Waals surface area contributed by atoms with Crippen molar-refractivity contribution in [2.75, 3.05) is 6.54 Å². The fraction of sp³-hybridized carbons (Fsp3) is 0.375. The second-order valence-corrected chi connectivity index (χ2v) is 3.39. The summed E-state index contributed by atoms with van der Waals surface area (Å²) in [5.41, 5.74) is 0.431. The van der Waals surface area contributed by atoms with Gasteiger partial charge >= 0.3 is 0 Å². The third-order valence-corrected chi connectivity index (χ3v) is 2.03. The summed E-state index contributed by atoms with van der Waals surface area (Å²) in [5, 5.41) is 11.5. The van der Waals surface area contributed by atoms with Crippen LogP contribution in [0.3, 0.4) is 0 Å². The Kier molecular flexibility index (Phi) is 3.50. The van der Waals surface area contributed by atoms with Crippen LogP contribution in [0.4, 0.5) is 0 Å². The third-order valence-electron chi connectivity index (χ3n) is 1.42. The maximum absolute atomic E-state index is 11.3. The maximum atomic E-state index is 11.3. The minimum Gasteiger partial charge on any atom is -0.457 e. The number of hydrogen-bond donors (Lipinski definition) is 2. The first-order valence-corrected chi connectivity index (χ1v) is 4.60. The fourth-order valence-corrected chi connectivity index (χ4v) is 1.21. The maximum Gasteiger partial charge on any atom is 0.255 e. The molecule has 0 aliphatic heterocycles. The Hall–Kier alpha value is -0.810. The minimum atomic E-state index is -0.547. The van der Waals surface area contributed by atoms with Crippen molar-refractivity contribution in [1.29, 1.82) is 0 Å². The Bertz CT molecular complexity index is 295. The van der Waals surface area contributed by atoms with Crippen LogP contribution in [0.15, 0.2) is 21.4 Å². The molecule has 0 saturated heterocycles. The third kappa shape index (κ3) is 2.86. The van der Waals surface area contributed by atoms with Gasteiger partial charge in [-0.2, -0.15) is 0 Å². The molecule has 0 saturated carbocycles. The summed E-state index contributed by atoms with van der Waals surface area (Å²) in [7, 11) is 0. The quantitative estimate of drug-likeness (QED) is 0.843. The summed E-state index contributed by atoms with van der Waals surface area (Å²) >= 11 is 3.08. The highest BCUT2D eigenvalue weighted by Crippen LogP contribution is 2.16. The van der Waals surface area contributed by atoms with E-state index in [1.165, 1.54) is 6.26 Å². The van der Waals surface area contributed by atoms with Crippen molar-refractivity contribution in [2.45, 2.75) is 13.0 Å². The van der Waals surface area contributed by atoms with Crippen LogP contribution in [0.25, 0.3) is 0 Å². The second kappa shape index (κ2) is 4.43. The fourth-order valence-electron chi connectivity index (χ4n) is 0.791. The SMILES string of the molecule is C[C@H](O)CNC(=O)c1ccoc1Br. The van der Waals surface area contributed by atoms with Crippen LogP contribution in [0, 0.1) is 0 Å². The van der Waals surface area contributed by atoms with Gasteiger partial charge in [-0.15, -0.1) is 0 Å². The highest BCUT2D eigenvalue weighted by molar-refractivity contribution is 9.10. The van der Waals surface area contributed by atoms with Gasteiger partial charge in [-0.25, -0.2) is 0 Å². The smallest absolute Gasteiger partial charge is 0.255 e. The predicted molar refractivity (Wildman–Crippen MR) is 50.4 cm³/mol. The molecule has 1 aromatic heterocycles. The van der Waals surface area contributed by atoms with Crippen molar-refractivity contribution < 1.29 is 14.3 Å². The van der Waals surface area contributed by atoms with Gasteiger partial charge in [-0.05, 0) is 28.9 Å². The lowest BCUT2D eigenvalue weighted by molar-refractivity contribution is 0.0922. The second-order valence-electron chi connectivity index (χ2n) is 2.67. The molecular weight excluding hydrogens is 238 g/mol. The molecule has 4 nitrogen and oxygen atoms in total. The molecule has 1 atom stereocenters. The van der Waals surface area contributed by atoms with Crippen molar-refractivity contribution in [2.24, 2.45) is 0 Å². The lowest BCUT2D eigenvalue weighted by Gasteiger charge is -2.05. The van der Waals surface area contributed by atoms with Gasteiger partial charge in [0.2, 0.25) is 0 Å². The first kappa shape index (κ1) is 10.3. The predicted octanol–water partition coefficient (Wildman–Crippen LogP) is 1.15. The lowest BCUT2D eigenvalue weighted by Crippen LogP contribution is -2.30. The zero-order chi connectivity index (χ0) is 9.84. The number of halogens is 1. The van der Waals surface area contributed by atoms with Crippen LogP contribution in [0.2, 0.25) is 0 Å². The van der Waals surface area contributed by atoms with Crippen LogP contribution in [-0.4, -0.2) is 23.7 Å². The standard InChI is InChI=1S/C8H10BrNO3/c1-5(11)4-10-8(12)6-2-3-13-7(6)9/h2-3,5,11H,4H2,1H3,(H,10,12)/t5-/m0/s1. The number of hydrogen-bond acceptors (Lipinski definition) is 3. The minimum absolute atomic E-state index is 0.233. The van der Waals surface area contributed by atoms with Crippen molar-refractivity contribution >= 4 is 21.8 Å². The first-order valence-electron chi connectivity index (χ1n) is 3.80. The highest BCUT2D eigenvalue weighted by Gasteiger charge is 2.12. The van der Waals surface area contributed by atoms with Gasteiger partial charge in [-0.3, -0.25) is 4.79 Å². The topological polar surface area (TPSA) is 62.5 Å². The zero-order valence-corrected chi connectivity index (χ0v) is 8.67. The van der Waals surface area contributed by atoms with Crippen LogP contribution in [0.1, 0.15) is 17.3 Å². The first-order chi connectivity index (χ1) is 6.11. The summed E-state index contributed by atoms with van der Waals surface area (Å²) in [6.45, 7) is 1.83. The van der Waals surface area contributed by atoms with E-state index in [0.717, 1.165) is 0 Å². The summed E-state index contributed by atoms with van der Waals surface area (Å²) in [6.07, 6.45) is 0.871. The molecule has 13 heavy (non-hydrogen) atoms. The van der Waals surface area contributed by atoms with Gasteiger partial charge in [0.15, 0.2) is 4.67 Å². The largest absolute Gasteiger partial charge is 0.457 e. The molecule has 0 fully saturated rings. The van der Waals surface area contributed by atoms with Crippen molar-refractivity contribution in [1.82, 2.24) is 5.32 Å². The van der Waals surface area contributed by atoms with E-state index in [0.29, 0.717) is 10.2 Å². The molecule has 0 unspecified atom stereocenters. The molecule has 2 N–H and O–H groups in total. The number of furan rings is 1. The Balaban J connectivity index is 2.54. The Labute approximate surface area is 84.1 Å². The number of amides is 1. The zero-order valence-electron chi connectivity index (χ0n) is 7.08. The van der Waals surface area contributed by atoms with Gasteiger partial charge in [0, 0.05) is 6.54 Å². The molecule has 0 radical (unpaired) electrons. The van der Waals surface area contributed by atoms with E-state index in [2.05, 4.69) is 21.2 Å². The van der Waals surface area contributed by atoms with Crippen LogP contribution >= 0.6 is 15.9 Å². The van der Waals surface area contributed by atoms with E-state index in [1.807, 2.05) is 0 Å². The summed E-state index contributed by atoms with van der Waals surface area (Å²) in [5.74, 6) is -0.262. The number of aliphatic hydroxyl groups excluding tert-OH is 1. The van der Waals surface area contributed by atoms with Gasteiger partial charge in [0.25, 0.3) is 5.91 Å². The number of nitrogens with one attached hydrogen (secondary N) is 1. The van der Waals surface area contributed by atoms with Crippen LogP contribution in [0.5, 0.6) is 0 Å². The number of aliphatic hydroxyl groups is 1. The van der Waals surface area contributed by atoms with Crippen LogP contribution in [-0.2, 0) is 0 Å². The van der Waals surface area contributed by atoms with E-state index >= 15 is 0 Å². The van der Waals surface area contributed by atoms with E-state index in [4.69, 9.17) is 9.52 Å². The monoisotopic (exact) mass is 247 g/mol. The molecule has 0 aromatic carbocycles. The molecule has 1 heterocycles. The molecule has 72 valence electrons. The Morgan fingerprint density at radius 1 is 1.85 bits per heavy atom. The van der Waals surface area contributed by atoms with Gasteiger partial charge in [-0.1, -0.05) is 0 Å². The summed E-state index contributed by atoms with van der Waals surface area (Å²) in [4.78, 5) is 11.3. The van der Waals surface area contributed by atoms with Gasteiger partial charge in [0.1, 0.15) is 0 Å². The molecule has 1 rings (SSSR count). The molecule has 0 aliphatic carbocycles. The van der Waals surface area contributed by atoms with Crippen molar-refractivity contribution in [3.8, 4) is 0 Å². The number of carbonyl (C=O) groups is 1. The lowest BCUT2D eigenvalue weighted by atomic mass is 10.3. The Morgan fingerprint density at radius 3 is 3.00 bits per heavy atom. The van der Waals surface area contributed by atoms with Crippen molar-refractivity contribution in [3.63, 3.8) is 0 Å².